The normalized spacial score (nSPS) is 22.0. The van der Waals surface area contributed by atoms with Crippen LogP contribution in [-0.2, 0) is 9.59 Å². The average molecular weight is 490 g/mol. The highest BCUT2D eigenvalue weighted by Crippen LogP contribution is 2.36. The maximum atomic E-state index is 13.5. The second kappa shape index (κ2) is 9.43. The molecule has 1 unspecified atom stereocenters. The fraction of sp³-hybridized carbons (Fsp3) is 0.600. The van der Waals surface area contributed by atoms with Gasteiger partial charge in [-0.05, 0) is 31.8 Å². The monoisotopic (exact) mass is 489 g/mol. The number of hydrogen-bond donors (Lipinski definition) is 3. The van der Waals surface area contributed by atoms with Gasteiger partial charge in [-0.2, -0.15) is 13.2 Å². The summed E-state index contributed by atoms with van der Waals surface area (Å²) in [5.74, 6) is -0.527. The number of nitrogens with two attached hydrogens (primary N) is 2. The van der Waals surface area contributed by atoms with Crippen LogP contribution in [0.4, 0.5) is 24.8 Å². The molecule has 2 aliphatic heterocycles. The summed E-state index contributed by atoms with van der Waals surface area (Å²) in [5.41, 5.74) is 12.0. The van der Waals surface area contributed by atoms with E-state index in [2.05, 4.69) is 15.3 Å². The third kappa shape index (κ3) is 5.56. The van der Waals surface area contributed by atoms with E-state index in [4.69, 9.17) is 23.1 Å². The number of likely N-dealkylation sites (tertiary alicyclic amines) is 1. The van der Waals surface area contributed by atoms with Gasteiger partial charge in [-0.25, -0.2) is 9.97 Å². The maximum Gasteiger partial charge on any atom is 0.390 e. The molecular formula is C20H27ClF3N7O2. The van der Waals surface area contributed by atoms with Crippen LogP contribution in [0.3, 0.4) is 0 Å². The summed E-state index contributed by atoms with van der Waals surface area (Å²) in [6.07, 6.45) is -3.30. The number of piperidine rings is 1. The van der Waals surface area contributed by atoms with Crippen LogP contribution in [0.2, 0.25) is 5.02 Å². The molecule has 1 atom stereocenters. The molecule has 1 saturated heterocycles. The minimum absolute atomic E-state index is 0.0486. The molecule has 5 N–H and O–H groups in total. The lowest BCUT2D eigenvalue weighted by atomic mass is 9.88. The van der Waals surface area contributed by atoms with E-state index in [1.165, 1.54) is 18.2 Å². The van der Waals surface area contributed by atoms with Crippen LogP contribution in [-0.4, -0.2) is 69.0 Å². The van der Waals surface area contributed by atoms with E-state index < -0.39 is 30.2 Å². The first-order chi connectivity index (χ1) is 15.3. The number of rotatable bonds is 6. The van der Waals surface area contributed by atoms with E-state index in [1.54, 1.807) is 11.8 Å². The number of carbonyl (C=O) groups excluding carboxylic acids is 2. The Balaban J connectivity index is 1.84. The van der Waals surface area contributed by atoms with Crippen molar-refractivity contribution in [1.29, 1.82) is 0 Å². The fourth-order valence-electron chi connectivity index (χ4n) is 4.28. The summed E-state index contributed by atoms with van der Waals surface area (Å²) in [4.78, 5) is 36.8. The van der Waals surface area contributed by atoms with E-state index in [-0.39, 0.29) is 67.0 Å². The number of anilines is 2. The molecule has 33 heavy (non-hydrogen) atoms. The molecule has 13 heteroatoms. The van der Waals surface area contributed by atoms with Gasteiger partial charge in [0.25, 0.3) is 5.91 Å². The molecule has 3 rings (SSSR count). The van der Waals surface area contributed by atoms with Gasteiger partial charge >= 0.3 is 6.18 Å². The molecule has 0 saturated carbocycles. The third-order valence-electron chi connectivity index (χ3n) is 6.00. The molecule has 1 fully saturated rings. The molecular weight excluding hydrogens is 463 g/mol. The van der Waals surface area contributed by atoms with Crippen molar-refractivity contribution in [2.24, 2.45) is 5.73 Å². The predicted molar refractivity (Wildman–Crippen MR) is 117 cm³/mol. The number of aromatic nitrogens is 2. The minimum atomic E-state index is -4.24. The van der Waals surface area contributed by atoms with E-state index >= 15 is 0 Å². The Kier molecular flexibility index (Phi) is 7.20. The van der Waals surface area contributed by atoms with Crippen molar-refractivity contribution >= 4 is 34.9 Å². The van der Waals surface area contributed by atoms with E-state index in [9.17, 15) is 22.8 Å². The lowest BCUT2D eigenvalue weighted by Gasteiger charge is -2.49. The number of ketones is 1. The average Bonchev–Trinajstić information content (AvgIpc) is 2.72. The Hall–Kier alpha value is -2.44. The Labute approximate surface area is 194 Å². The number of hydrogen-bond acceptors (Lipinski definition) is 8. The summed E-state index contributed by atoms with van der Waals surface area (Å²) < 4.78 is 37.7. The van der Waals surface area contributed by atoms with Crippen molar-refractivity contribution in [1.82, 2.24) is 19.8 Å². The molecule has 182 valence electrons. The molecule has 0 bridgehead atoms. The maximum absolute atomic E-state index is 13.5. The number of alkyl halides is 3. The van der Waals surface area contributed by atoms with E-state index in [0.29, 0.717) is 5.57 Å². The smallest absolute Gasteiger partial charge is 0.382 e. The van der Waals surface area contributed by atoms with E-state index in [1.807, 2.05) is 0 Å². The molecule has 1 amide bonds. The van der Waals surface area contributed by atoms with Crippen LogP contribution in [0.5, 0.6) is 0 Å². The van der Waals surface area contributed by atoms with Crippen molar-refractivity contribution in [2.75, 3.05) is 30.7 Å². The molecule has 0 aromatic carbocycles. The summed E-state index contributed by atoms with van der Waals surface area (Å²) in [5, 5.41) is 3.04. The zero-order chi connectivity index (χ0) is 24.6. The molecule has 9 nitrogen and oxygen atoms in total. The Morgan fingerprint density at radius 3 is 2.55 bits per heavy atom. The molecule has 0 aliphatic carbocycles. The number of nitrogen functional groups attached to an aromatic ring is 1. The van der Waals surface area contributed by atoms with Crippen LogP contribution in [0.25, 0.3) is 0 Å². The van der Waals surface area contributed by atoms with Gasteiger partial charge in [-0.15, -0.1) is 0 Å². The topological polar surface area (TPSA) is 130 Å². The summed E-state index contributed by atoms with van der Waals surface area (Å²) in [6, 6.07) is -0.816. The van der Waals surface area contributed by atoms with Crippen molar-refractivity contribution in [3.63, 3.8) is 0 Å². The highest BCUT2D eigenvalue weighted by atomic mass is 35.5. The van der Waals surface area contributed by atoms with Gasteiger partial charge in [0, 0.05) is 26.6 Å². The number of allylic oxidation sites excluding steroid dienone is 1. The van der Waals surface area contributed by atoms with Gasteiger partial charge < -0.3 is 21.7 Å². The van der Waals surface area contributed by atoms with Gasteiger partial charge in [-0.3, -0.25) is 14.5 Å². The number of nitrogens with zero attached hydrogens (tertiary/aromatic N) is 4. The quantitative estimate of drug-likeness (QED) is 0.555. The van der Waals surface area contributed by atoms with Crippen molar-refractivity contribution in [3.05, 3.63) is 22.6 Å². The lowest BCUT2D eigenvalue weighted by molar-refractivity contribution is -0.143. The van der Waals surface area contributed by atoms with Gasteiger partial charge in [0.1, 0.15) is 23.2 Å². The van der Waals surface area contributed by atoms with Gasteiger partial charge in [0.2, 0.25) is 0 Å². The number of amides is 1. The van der Waals surface area contributed by atoms with Crippen molar-refractivity contribution < 1.29 is 22.8 Å². The molecule has 0 radical (unpaired) electrons. The van der Waals surface area contributed by atoms with Crippen LogP contribution in [0.1, 0.15) is 39.5 Å². The Bertz CT molecular complexity index is 961. The SMILES string of the molecule is CC(=O)C1=C(C)CC(Nc2ncnc(N)c2Cl)C(=O)N1C1(N)CCN(CCC(F)(F)F)CC1. The summed E-state index contributed by atoms with van der Waals surface area (Å²) in [7, 11) is 0. The van der Waals surface area contributed by atoms with Crippen LogP contribution in [0.15, 0.2) is 17.6 Å². The Morgan fingerprint density at radius 2 is 1.97 bits per heavy atom. The second-order valence-electron chi connectivity index (χ2n) is 8.49. The van der Waals surface area contributed by atoms with E-state index in [0.717, 1.165) is 0 Å². The summed E-state index contributed by atoms with van der Waals surface area (Å²) in [6.45, 7) is 3.50. The van der Waals surface area contributed by atoms with Gasteiger partial charge in [-0.1, -0.05) is 11.6 Å². The largest absolute Gasteiger partial charge is 0.390 e. The lowest BCUT2D eigenvalue weighted by Crippen LogP contribution is -2.66. The number of halogens is 4. The van der Waals surface area contributed by atoms with Crippen LogP contribution in [0, 0.1) is 0 Å². The Morgan fingerprint density at radius 1 is 1.33 bits per heavy atom. The number of Topliss-reactive ketones (excluding diaryl/α,β-unsaturated/α-hetero) is 1. The summed E-state index contributed by atoms with van der Waals surface area (Å²) >= 11 is 6.15. The van der Waals surface area contributed by atoms with Gasteiger partial charge in [0.15, 0.2) is 11.6 Å². The van der Waals surface area contributed by atoms with Crippen LogP contribution >= 0.6 is 11.6 Å². The first-order valence-electron chi connectivity index (χ1n) is 10.5. The standard InChI is InChI=1S/C20H27ClF3N7O2/c1-11-9-13(29-17-14(21)16(25)27-10-28-17)18(33)31(15(11)12(2)32)19(26)3-6-30(7-4-19)8-5-20(22,23)24/h10,13H,3-9,26H2,1-2H3,(H3,25,27,28,29). The number of nitrogens with one attached hydrogen (secondary N) is 1. The molecule has 0 spiro atoms. The molecule has 1 aromatic rings. The molecule has 2 aliphatic rings. The predicted octanol–water partition coefficient (Wildman–Crippen LogP) is 2.29. The van der Waals surface area contributed by atoms with Crippen molar-refractivity contribution in [2.45, 2.75) is 57.4 Å². The zero-order valence-electron chi connectivity index (χ0n) is 18.4. The first kappa shape index (κ1) is 25.2. The third-order valence-corrected chi connectivity index (χ3v) is 6.37. The first-order valence-corrected chi connectivity index (χ1v) is 10.9. The molecule has 1 aromatic heterocycles. The molecule has 3 heterocycles. The fourth-order valence-corrected chi connectivity index (χ4v) is 4.43. The van der Waals surface area contributed by atoms with Gasteiger partial charge in [0.05, 0.1) is 17.8 Å². The highest BCUT2D eigenvalue weighted by Gasteiger charge is 2.47. The second-order valence-corrected chi connectivity index (χ2v) is 8.87. The minimum Gasteiger partial charge on any atom is -0.382 e. The van der Waals surface area contributed by atoms with Crippen molar-refractivity contribution in [3.8, 4) is 0 Å². The highest BCUT2D eigenvalue weighted by molar-refractivity contribution is 6.35. The number of carbonyl (C=O) groups is 2. The zero-order valence-corrected chi connectivity index (χ0v) is 19.1. The van der Waals surface area contributed by atoms with Crippen LogP contribution < -0.4 is 16.8 Å².